The van der Waals surface area contributed by atoms with Crippen molar-refractivity contribution in [3.8, 4) is 5.75 Å². The van der Waals surface area contributed by atoms with Gasteiger partial charge in [-0.2, -0.15) is 0 Å². The molecule has 0 aromatic heterocycles. The van der Waals surface area contributed by atoms with E-state index in [4.69, 9.17) is 10.1 Å². The highest BCUT2D eigenvalue weighted by atomic mass is 16.5. The Kier molecular flexibility index (Phi) is 9.25. The highest BCUT2D eigenvalue weighted by molar-refractivity contribution is 6.08. The lowest BCUT2D eigenvalue weighted by Crippen LogP contribution is -2.41. The monoisotopic (exact) mass is 543 g/mol. The number of anilines is 1. The minimum atomic E-state index is -0.281. The van der Waals surface area contributed by atoms with E-state index >= 15 is 0 Å². The largest absolute Gasteiger partial charge is 0.496 e. The summed E-state index contributed by atoms with van der Waals surface area (Å²) in [6, 6.07) is 15.2. The number of benzene rings is 2. The first-order valence-electron chi connectivity index (χ1n) is 15.2. The third kappa shape index (κ3) is 6.95. The maximum absolute atomic E-state index is 14.0. The van der Waals surface area contributed by atoms with E-state index in [1.807, 2.05) is 29.3 Å². The van der Waals surface area contributed by atoms with Gasteiger partial charge in [-0.1, -0.05) is 24.3 Å². The molecule has 40 heavy (non-hydrogen) atoms. The summed E-state index contributed by atoms with van der Waals surface area (Å²) in [5, 5.41) is 21.4. The maximum atomic E-state index is 14.0. The number of allylic oxidation sites excluding steroid dienone is 1. The van der Waals surface area contributed by atoms with Crippen molar-refractivity contribution in [2.75, 3.05) is 18.6 Å². The average molecular weight is 544 g/mol. The Morgan fingerprint density at radius 2 is 1.77 bits per heavy atom. The van der Waals surface area contributed by atoms with E-state index < -0.39 is 0 Å². The Morgan fingerprint density at radius 3 is 2.42 bits per heavy atom. The van der Waals surface area contributed by atoms with Crippen LogP contribution in [0.3, 0.4) is 0 Å². The van der Waals surface area contributed by atoms with Crippen molar-refractivity contribution in [2.24, 2.45) is 11.8 Å². The highest BCUT2D eigenvalue weighted by Gasteiger charge is 2.32. The molecule has 0 unspecified atom stereocenters. The summed E-state index contributed by atoms with van der Waals surface area (Å²) >= 11 is 0. The fourth-order valence-electron chi connectivity index (χ4n) is 6.48. The summed E-state index contributed by atoms with van der Waals surface area (Å²) in [4.78, 5) is 16.0. The van der Waals surface area contributed by atoms with Gasteiger partial charge in [-0.15, -0.1) is 0 Å². The Hall–Kier alpha value is -3.12. The predicted molar refractivity (Wildman–Crippen MR) is 162 cm³/mol. The molecular formula is C34H45N3O3. The summed E-state index contributed by atoms with van der Waals surface area (Å²) in [5.41, 5.74) is 5.28. The molecule has 0 radical (unpaired) electrons. The first kappa shape index (κ1) is 28.4. The van der Waals surface area contributed by atoms with Crippen molar-refractivity contribution < 1.29 is 14.6 Å². The number of methoxy groups -OCH3 is 1. The number of rotatable bonds is 10. The summed E-state index contributed by atoms with van der Waals surface area (Å²) in [7, 11) is 1.72. The van der Waals surface area contributed by atoms with E-state index in [0.717, 1.165) is 67.6 Å². The minimum Gasteiger partial charge on any atom is -0.496 e. The zero-order valence-corrected chi connectivity index (χ0v) is 24.1. The number of aryl methyl sites for hydroxylation is 1. The molecule has 0 heterocycles. The van der Waals surface area contributed by atoms with Crippen molar-refractivity contribution in [1.82, 2.24) is 5.32 Å². The number of carbonyl (C=O) groups is 1. The van der Waals surface area contributed by atoms with E-state index in [-0.39, 0.29) is 17.9 Å². The fraction of sp³-hybridized carbons (Fsp3) is 0.529. The van der Waals surface area contributed by atoms with Gasteiger partial charge in [-0.3, -0.25) is 4.79 Å². The molecule has 3 aliphatic carbocycles. The molecular weight excluding hydrogens is 498 g/mol. The predicted octanol–water partition coefficient (Wildman–Crippen LogP) is 6.60. The number of nitrogens with zero attached hydrogens (tertiary/aromatic N) is 1. The summed E-state index contributed by atoms with van der Waals surface area (Å²) in [6.45, 7) is 2.83. The SMILES string of the molecule is COc1ccc(C2CCC(CN(C(=O)C3CCC(O)CC3)c3cccc(/C(C=N)=C/NC4CC4)c3)CC2)cc1C. The summed E-state index contributed by atoms with van der Waals surface area (Å²) in [6.07, 6.45) is 12.8. The van der Waals surface area contributed by atoms with Gasteiger partial charge in [0.25, 0.3) is 0 Å². The summed E-state index contributed by atoms with van der Waals surface area (Å²) < 4.78 is 5.45. The van der Waals surface area contributed by atoms with E-state index in [0.29, 0.717) is 30.7 Å². The van der Waals surface area contributed by atoms with Crippen molar-refractivity contribution in [3.63, 3.8) is 0 Å². The zero-order chi connectivity index (χ0) is 28.1. The zero-order valence-electron chi connectivity index (χ0n) is 24.1. The van der Waals surface area contributed by atoms with Crippen LogP contribution in [0.15, 0.2) is 48.7 Å². The van der Waals surface area contributed by atoms with Crippen molar-refractivity contribution in [3.05, 3.63) is 65.4 Å². The number of carbonyl (C=O) groups excluding carboxylic acids is 1. The fourth-order valence-corrected chi connectivity index (χ4v) is 6.48. The molecule has 214 valence electrons. The molecule has 6 nitrogen and oxygen atoms in total. The number of nitrogens with one attached hydrogen (secondary N) is 2. The highest BCUT2D eigenvalue weighted by Crippen LogP contribution is 2.39. The normalized spacial score (nSPS) is 25.2. The molecule has 2 aromatic rings. The first-order valence-corrected chi connectivity index (χ1v) is 15.2. The second-order valence-electron chi connectivity index (χ2n) is 12.1. The van der Waals surface area contributed by atoms with Crippen LogP contribution in [0.1, 0.15) is 86.8 Å². The molecule has 0 bridgehead atoms. The number of aliphatic hydroxyl groups is 1. The third-order valence-corrected chi connectivity index (χ3v) is 9.19. The molecule has 3 N–H and O–H groups in total. The van der Waals surface area contributed by atoms with Crippen LogP contribution in [0.25, 0.3) is 5.57 Å². The quantitative estimate of drug-likeness (QED) is 0.295. The number of amides is 1. The topological polar surface area (TPSA) is 85.7 Å². The van der Waals surface area contributed by atoms with Crippen molar-refractivity contribution in [2.45, 2.75) is 89.2 Å². The standard InChI is InChI=1S/C34H45N3O3/c1-23-18-28(12-17-33(23)40-2)25-8-6-24(7-9-25)22-37(34(39)26-10-15-32(38)16-11-26)31-5-3-4-27(19-31)29(20-35)21-36-30-13-14-30/h3-5,12,17-21,24-26,30,32,35-36,38H,6-11,13-16,22H2,1-2H3/b29-21+,35-20?. The van der Waals surface area contributed by atoms with Gasteiger partial charge in [0.15, 0.2) is 0 Å². The van der Waals surface area contributed by atoms with Gasteiger partial charge in [-0.25, -0.2) is 0 Å². The lowest BCUT2D eigenvalue weighted by molar-refractivity contribution is -0.124. The van der Waals surface area contributed by atoms with Gasteiger partial charge in [0, 0.05) is 42.2 Å². The van der Waals surface area contributed by atoms with Gasteiger partial charge in [0.05, 0.1) is 13.2 Å². The molecule has 0 spiro atoms. The van der Waals surface area contributed by atoms with Crippen molar-refractivity contribution in [1.29, 1.82) is 5.41 Å². The second-order valence-corrected chi connectivity index (χ2v) is 12.1. The number of hydrogen-bond acceptors (Lipinski definition) is 5. The Labute approximate surface area is 239 Å². The molecule has 0 aliphatic heterocycles. The molecule has 3 saturated carbocycles. The van der Waals surface area contributed by atoms with Crippen LogP contribution in [0, 0.1) is 24.2 Å². The van der Waals surface area contributed by atoms with E-state index in [1.165, 1.54) is 30.2 Å². The van der Waals surface area contributed by atoms with Crippen molar-refractivity contribution >= 4 is 23.4 Å². The maximum Gasteiger partial charge on any atom is 0.230 e. The number of hydrogen-bond donors (Lipinski definition) is 3. The molecule has 2 aromatic carbocycles. The lowest BCUT2D eigenvalue weighted by Gasteiger charge is -2.36. The van der Waals surface area contributed by atoms with Crippen LogP contribution in [-0.2, 0) is 4.79 Å². The number of ether oxygens (including phenoxy) is 1. The molecule has 6 heteroatoms. The second kappa shape index (κ2) is 13.0. The van der Waals surface area contributed by atoms with E-state index in [2.05, 4.69) is 36.5 Å². The van der Waals surface area contributed by atoms with Crippen LogP contribution in [-0.4, -0.2) is 43.0 Å². The molecule has 5 rings (SSSR count). The van der Waals surface area contributed by atoms with Crippen LogP contribution < -0.4 is 15.0 Å². The smallest absolute Gasteiger partial charge is 0.230 e. The van der Waals surface area contributed by atoms with Gasteiger partial charge in [0.1, 0.15) is 5.75 Å². The van der Waals surface area contributed by atoms with Crippen LogP contribution in [0.2, 0.25) is 0 Å². The first-order chi connectivity index (χ1) is 19.4. The molecule has 3 aliphatic rings. The van der Waals surface area contributed by atoms with E-state index in [1.54, 1.807) is 7.11 Å². The minimum absolute atomic E-state index is 0.0417. The molecule has 3 fully saturated rings. The number of aliphatic hydroxyl groups excluding tert-OH is 1. The summed E-state index contributed by atoms with van der Waals surface area (Å²) in [5.74, 6) is 2.08. The average Bonchev–Trinajstić information content (AvgIpc) is 3.81. The van der Waals surface area contributed by atoms with Gasteiger partial charge in [0.2, 0.25) is 5.91 Å². The Balaban J connectivity index is 1.32. The van der Waals surface area contributed by atoms with Gasteiger partial charge in [-0.05, 0) is 118 Å². The van der Waals surface area contributed by atoms with Crippen LogP contribution in [0.4, 0.5) is 5.69 Å². The molecule has 0 atom stereocenters. The van der Waals surface area contributed by atoms with E-state index in [9.17, 15) is 9.90 Å². The Morgan fingerprint density at radius 1 is 1.02 bits per heavy atom. The van der Waals surface area contributed by atoms with Gasteiger partial charge < -0.3 is 25.5 Å². The van der Waals surface area contributed by atoms with Gasteiger partial charge >= 0.3 is 0 Å². The van der Waals surface area contributed by atoms with Crippen LogP contribution in [0.5, 0.6) is 5.75 Å². The lowest BCUT2D eigenvalue weighted by atomic mass is 9.78. The molecule has 1 amide bonds. The Bertz CT molecular complexity index is 1200. The third-order valence-electron chi connectivity index (χ3n) is 9.19. The van der Waals surface area contributed by atoms with Crippen LogP contribution >= 0.6 is 0 Å². The molecule has 0 saturated heterocycles.